The fourth-order valence-corrected chi connectivity index (χ4v) is 2.70. The third-order valence-electron chi connectivity index (χ3n) is 3.03. The second-order valence-electron chi connectivity index (χ2n) is 4.87. The fraction of sp³-hybridized carbons (Fsp3) is 0.400. The smallest absolute Gasteiger partial charge is 0.262 e. The van der Waals surface area contributed by atoms with Crippen molar-refractivity contribution in [2.24, 2.45) is 10.7 Å². The molecule has 22 heavy (non-hydrogen) atoms. The number of unbranched alkanes of at least 4 members (excludes halogenated alkanes) is 1. The Labute approximate surface area is 133 Å². The topological polar surface area (TPSA) is 93.8 Å². The minimum absolute atomic E-state index is 0.0580. The second-order valence-corrected chi connectivity index (χ2v) is 6.10. The number of aliphatic imine (C=N–C) groups is 1. The van der Waals surface area contributed by atoms with E-state index < -0.39 is 5.25 Å². The van der Waals surface area contributed by atoms with Gasteiger partial charge in [-0.2, -0.15) is 4.99 Å². The van der Waals surface area contributed by atoms with Crippen molar-refractivity contribution in [3.63, 3.8) is 0 Å². The number of amides is 2. The number of anilines is 1. The molecule has 0 aromatic heterocycles. The fourth-order valence-electron chi connectivity index (χ4n) is 1.88. The number of carbonyl (C=O) groups excluding carboxylic acids is 2. The number of hydrogen-bond acceptors (Lipinski definition) is 5. The molecule has 0 saturated heterocycles. The minimum atomic E-state index is -0.517. The maximum Gasteiger partial charge on any atom is 0.262 e. The summed E-state index contributed by atoms with van der Waals surface area (Å²) in [6, 6.07) is 7.16. The lowest BCUT2D eigenvalue weighted by atomic mass is 10.2. The summed E-state index contributed by atoms with van der Waals surface area (Å²) < 4.78 is 5.55. The van der Waals surface area contributed by atoms with Crippen molar-refractivity contribution in [1.82, 2.24) is 0 Å². The third-order valence-corrected chi connectivity index (χ3v) is 4.02. The Morgan fingerprint density at radius 2 is 2.14 bits per heavy atom. The highest BCUT2D eigenvalue weighted by atomic mass is 32.2. The number of ether oxygens (including phenoxy) is 1. The van der Waals surface area contributed by atoms with Gasteiger partial charge in [0, 0.05) is 12.1 Å². The summed E-state index contributed by atoms with van der Waals surface area (Å²) in [5, 5.41) is 2.45. The molecule has 0 bridgehead atoms. The lowest BCUT2D eigenvalue weighted by Gasteiger charge is -2.09. The number of nitrogens with one attached hydrogen (secondary N) is 1. The van der Waals surface area contributed by atoms with Crippen LogP contribution in [0.15, 0.2) is 29.3 Å². The zero-order valence-electron chi connectivity index (χ0n) is 12.4. The molecule has 1 aliphatic heterocycles. The Hall–Kier alpha value is -2.02. The highest BCUT2D eigenvalue weighted by molar-refractivity contribution is 8.15. The molecule has 1 aliphatic rings. The van der Waals surface area contributed by atoms with Gasteiger partial charge in [-0.25, -0.2) is 0 Å². The van der Waals surface area contributed by atoms with Crippen molar-refractivity contribution in [2.75, 3.05) is 11.9 Å². The van der Waals surface area contributed by atoms with Gasteiger partial charge in [-0.1, -0.05) is 25.1 Å². The van der Waals surface area contributed by atoms with Crippen LogP contribution in [0.1, 0.15) is 26.2 Å². The van der Waals surface area contributed by atoms with Crippen LogP contribution in [0.2, 0.25) is 0 Å². The van der Waals surface area contributed by atoms with E-state index in [2.05, 4.69) is 17.2 Å². The summed E-state index contributed by atoms with van der Waals surface area (Å²) >= 11 is 1.12. The molecule has 0 spiro atoms. The molecule has 0 radical (unpaired) electrons. The molecule has 6 nitrogen and oxygen atoms in total. The molecule has 3 N–H and O–H groups in total. The number of nitrogens with zero attached hydrogens (tertiary/aromatic N) is 1. The van der Waals surface area contributed by atoms with E-state index in [1.165, 1.54) is 0 Å². The van der Waals surface area contributed by atoms with Gasteiger partial charge in [0.1, 0.15) is 11.0 Å². The SMILES string of the molecule is CCCCOc1ccc(NC(=O)C[C@@H]2SC(N)=NC2=O)cc1. The molecular formula is C15H19N3O3S. The molecule has 0 aliphatic carbocycles. The van der Waals surface area contributed by atoms with Crippen LogP contribution in [0.3, 0.4) is 0 Å². The van der Waals surface area contributed by atoms with Crippen LogP contribution < -0.4 is 15.8 Å². The van der Waals surface area contributed by atoms with Gasteiger partial charge in [0.15, 0.2) is 5.17 Å². The van der Waals surface area contributed by atoms with Crippen LogP contribution in [-0.4, -0.2) is 28.8 Å². The van der Waals surface area contributed by atoms with E-state index in [1.807, 2.05) is 12.1 Å². The van der Waals surface area contributed by atoms with Crippen molar-refractivity contribution in [1.29, 1.82) is 0 Å². The Bertz CT molecular complexity index is 572. The summed E-state index contributed by atoms with van der Waals surface area (Å²) in [4.78, 5) is 27.0. The van der Waals surface area contributed by atoms with Crippen molar-refractivity contribution in [3.05, 3.63) is 24.3 Å². The number of amidine groups is 1. The number of nitrogens with two attached hydrogens (primary N) is 1. The summed E-state index contributed by atoms with van der Waals surface area (Å²) in [5.74, 6) is 0.182. The molecule has 7 heteroatoms. The predicted molar refractivity (Wildman–Crippen MR) is 88.1 cm³/mol. The van der Waals surface area contributed by atoms with E-state index in [-0.39, 0.29) is 23.4 Å². The number of hydrogen-bond donors (Lipinski definition) is 2. The van der Waals surface area contributed by atoms with Crippen molar-refractivity contribution < 1.29 is 14.3 Å². The van der Waals surface area contributed by atoms with Crippen molar-refractivity contribution in [2.45, 2.75) is 31.4 Å². The first-order chi connectivity index (χ1) is 10.6. The quantitative estimate of drug-likeness (QED) is 0.751. The minimum Gasteiger partial charge on any atom is -0.494 e. The van der Waals surface area contributed by atoms with Crippen molar-refractivity contribution in [3.8, 4) is 5.75 Å². The normalized spacial score (nSPS) is 17.2. The van der Waals surface area contributed by atoms with Gasteiger partial charge in [0.25, 0.3) is 5.91 Å². The Morgan fingerprint density at radius 3 is 2.73 bits per heavy atom. The molecule has 1 atom stereocenters. The number of thioether (sulfide) groups is 1. The van der Waals surface area contributed by atoms with E-state index in [4.69, 9.17) is 10.5 Å². The van der Waals surface area contributed by atoms with Gasteiger partial charge in [0.2, 0.25) is 5.91 Å². The van der Waals surface area contributed by atoms with Gasteiger partial charge in [-0.15, -0.1) is 0 Å². The molecule has 1 heterocycles. The second kappa shape index (κ2) is 7.84. The molecule has 0 fully saturated rings. The van der Waals surface area contributed by atoms with E-state index in [0.717, 1.165) is 30.4 Å². The molecule has 118 valence electrons. The monoisotopic (exact) mass is 321 g/mol. The standard InChI is InChI=1S/C15H19N3O3S/c1-2-3-8-21-11-6-4-10(5-7-11)17-13(19)9-12-14(20)18-15(16)22-12/h4-7,12H,2-3,8-9H2,1H3,(H,17,19)(H2,16,18,20)/t12-/m0/s1. The van der Waals surface area contributed by atoms with Crippen molar-refractivity contribution >= 4 is 34.4 Å². The largest absolute Gasteiger partial charge is 0.494 e. The van der Waals surface area contributed by atoms with Gasteiger partial charge < -0.3 is 15.8 Å². The van der Waals surface area contributed by atoms with Crippen LogP contribution in [0.5, 0.6) is 5.75 Å². The lowest BCUT2D eigenvalue weighted by Crippen LogP contribution is -2.21. The third kappa shape index (κ3) is 4.77. The zero-order chi connectivity index (χ0) is 15.9. The van der Waals surface area contributed by atoms with Gasteiger partial charge in [-0.3, -0.25) is 9.59 Å². The number of rotatable bonds is 7. The van der Waals surface area contributed by atoms with Crippen LogP contribution in [0.4, 0.5) is 5.69 Å². The first-order valence-corrected chi connectivity index (χ1v) is 8.04. The first-order valence-electron chi connectivity index (χ1n) is 7.16. The summed E-state index contributed by atoms with van der Waals surface area (Å²) in [6.45, 7) is 2.79. The van der Waals surface area contributed by atoms with Crippen LogP contribution in [0.25, 0.3) is 0 Å². The average Bonchev–Trinajstić information content (AvgIpc) is 2.79. The zero-order valence-corrected chi connectivity index (χ0v) is 13.2. The molecule has 0 unspecified atom stereocenters. The maximum atomic E-state index is 11.9. The summed E-state index contributed by atoms with van der Waals surface area (Å²) in [7, 11) is 0. The van der Waals surface area contributed by atoms with Crippen LogP contribution in [0, 0.1) is 0 Å². The number of carbonyl (C=O) groups is 2. The lowest BCUT2D eigenvalue weighted by molar-refractivity contribution is -0.121. The molecule has 1 aromatic carbocycles. The van der Waals surface area contributed by atoms with E-state index in [0.29, 0.717) is 12.3 Å². The highest BCUT2D eigenvalue weighted by Gasteiger charge is 2.29. The Morgan fingerprint density at radius 1 is 1.41 bits per heavy atom. The average molecular weight is 321 g/mol. The van der Waals surface area contributed by atoms with Crippen LogP contribution in [-0.2, 0) is 9.59 Å². The summed E-state index contributed by atoms with van der Waals surface area (Å²) in [5.41, 5.74) is 6.12. The Balaban J connectivity index is 1.80. The first kappa shape index (κ1) is 16.4. The van der Waals surface area contributed by atoms with Gasteiger partial charge >= 0.3 is 0 Å². The molecule has 2 rings (SSSR count). The molecule has 1 aromatic rings. The van der Waals surface area contributed by atoms with E-state index >= 15 is 0 Å². The van der Waals surface area contributed by atoms with Gasteiger partial charge in [-0.05, 0) is 30.7 Å². The Kier molecular flexibility index (Phi) is 5.83. The van der Waals surface area contributed by atoms with E-state index in [9.17, 15) is 9.59 Å². The summed E-state index contributed by atoms with van der Waals surface area (Å²) in [6.07, 6.45) is 2.15. The van der Waals surface area contributed by atoms with Crippen LogP contribution >= 0.6 is 11.8 Å². The maximum absolute atomic E-state index is 11.9. The molecular weight excluding hydrogens is 302 g/mol. The molecule has 0 saturated carbocycles. The highest BCUT2D eigenvalue weighted by Crippen LogP contribution is 2.23. The number of benzene rings is 1. The van der Waals surface area contributed by atoms with Gasteiger partial charge in [0.05, 0.1) is 6.61 Å². The van der Waals surface area contributed by atoms with E-state index in [1.54, 1.807) is 12.1 Å². The predicted octanol–water partition coefficient (Wildman–Crippen LogP) is 2.15. The molecule has 2 amide bonds.